The van der Waals surface area contributed by atoms with E-state index in [0.717, 1.165) is 48.7 Å². The van der Waals surface area contributed by atoms with Gasteiger partial charge in [0.2, 0.25) is 0 Å². The fraction of sp³-hybridized carbons (Fsp3) is 0.600. The first-order valence-electron chi connectivity index (χ1n) is 7.01. The molecule has 2 atom stereocenters. The van der Waals surface area contributed by atoms with Gasteiger partial charge in [-0.15, -0.1) is 11.6 Å². The molecule has 1 heterocycles. The second-order valence-corrected chi connectivity index (χ2v) is 7.09. The van der Waals surface area contributed by atoms with E-state index in [1.165, 1.54) is 24.0 Å². The van der Waals surface area contributed by atoms with Crippen LogP contribution < -0.4 is 10.1 Å². The molecule has 4 heteroatoms. The zero-order valence-electron chi connectivity index (χ0n) is 10.9. The van der Waals surface area contributed by atoms with E-state index in [1.54, 1.807) is 0 Å². The van der Waals surface area contributed by atoms with E-state index in [-0.39, 0.29) is 0 Å². The van der Waals surface area contributed by atoms with Gasteiger partial charge in [0.1, 0.15) is 5.75 Å². The molecule has 2 nitrogen and oxygen atoms in total. The summed E-state index contributed by atoms with van der Waals surface area (Å²) in [4.78, 5) is 0. The molecule has 0 saturated heterocycles. The summed E-state index contributed by atoms with van der Waals surface area (Å²) in [7, 11) is 0. The van der Waals surface area contributed by atoms with Crippen LogP contribution in [0.4, 0.5) is 0 Å². The molecule has 19 heavy (non-hydrogen) atoms. The van der Waals surface area contributed by atoms with Gasteiger partial charge in [0.15, 0.2) is 0 Å². The molecule has 0 amide bonds. The van der Waals surface area contributed by atoms with E-state index in [2.05, 4.69) is 33.4 Å². The van der Waals surface area contributed by atoms with Gasteiger partial charge in [0.25, 0.3) is 0 Å². The van der Waals surface area contributed by atoms with Crippen LogP contribution in [-0.2, 0) is 13.0 Å². The number of hydrogen-bond acceptors (Lipinski definition) is 2. The Hall–Kier alpha value is -0.250. The quantitative estimate of drug-likeness (QED) is 0.837. The maximum Gasteiger partial charge on any atom is 0.127 e. The van der Waals surface area contributed by atoms with Crippen molar-refractivity contribution in [2.75, 3.05) is 13.2 Å². The molecule has 1 aliphatic heterocycles. The molecule has 1 aliphatic carbocycles. The number of benzene rings is 1. The number of halogens is 2. The van der Waals surface area contributed by atoms with E-state index < -0.39 is 0 Å². The molecule has 2 aliphatic rings. The zero-order valence-corrected chi connectivity index (χ0v) is 13.3. The van der Waals surface area contributed by atoms with Crippen LogP contribution in [0.3, 0.4) is 0 Å². The Balaban J connectivity index is 1.58. The molecule has 0 aromatic heterocycles. The maximum absolute atomic E-state index is 6.15. The van der Waals surface area contributed by atoms with Crippen LogP contribution in [0, 0.1) is 5.92 Å². The number of fused-ring (bicyclic) bond motifs is 1. The largest absolute Gasteiger partial charge is 0.493 e. The van der Waals surface area contributed by atoms with Crippen LogP contribution >= 0.6 is 27.5 Å². The summed E-state index contributed by atoms with van der Waals surface area (Å²) in [6, 6.07) is 4.33. The second-order valence-electron chi connectivity index (χ2n) is 5.56. The molecule has 3 rings (SSSR count). The first kappa shape index (κ1) is 13.7. The highest BCUT2D eigenvalue weighted by atomic mass is 79.9. The van der Waals surface area contributed by atoms with Crippen molar-refractivity contribution < 1.29 is 4.74 Å². The molecule has 2 unspecified atom stereocenters. The zero-order chi connectivity index (χ0) is 13.2. The lowest BCUT2D eigenvalue weighted by atomic mass is 10.1. The highest BCUT2D eigenvalue weighted by Crippen LogP contribution is 2.33. The Bertz CT molecular complexity index is 466. The maximum atomic E-state index is 6.15. The van der Waals surface area contributed by atoms with Gasteiger partial charge in [-0.05, 0) is 49.4 Å². The van der Waals surface area contributed by atoms with Gasteiger partial charge in [-0.3, -0.25) is 0 Å². The van der Waals surface area contributed by atoms with Gasteiger partial charge in [-0.1, -0.05) is 15.9 Å². The van der Waals surface area contributed by atoms with Gasteiger partial charge >= 0.3 is 0 Å². The first-order chi connectivity index (χ1) is 9.22. The summed E-state index contributed by atoms with van der Waals surface area (Å²) in [5.41, 5.74) is 2.59. The lowest BCUT2D eigenvalue weighted by Gasteiger charge is -2.13. The van der Waals surface area contributed by atoms with E-state index in [4.69, 9.17) is 16.3 Å². The Labute approximate surface area is 128 Å². The summed E-state index contributed by atoms with van der Waals surface area (Å²) in [6.45, 7) is 2.76. The fourth-order valence-corrected chi connectivity index (χ4v) is 4.02. The van der Waals surface area contributed by atoms with Crippen LogP contribution in [0.1, 0.15) is 30.4 Å². The minimum atomic E-state index is 0.394. The molecule has 0 spiro atoms. The Morgan fingerprint density at radius 2 is 2.26 bits per heavy atom. The fourth-order valence-electron chi connectivity index (χ4n) is 3.09. The molecular formula is C15H19BrClNO. The monoisotopic (exact) mass is 343 g/mol. The lowest BCUT2D eigenvalue weighted by molar-refractivity contribution is 0.351. The molecule has 104 valence electrons. The van der Waals surface area contributed by atoms with Crippen LogP contribution in [0.25, 0.3) is 0 Å². The molecule has 1 aromatic rings. The smallest absolute Gasteiger partial charge is 0.127 e. The standard InChI is InChI=1S/C15H19BrClNO/c16-13-6-11-3-4-19-15(11)12(7-13)9-18-8-10-1-2-14(17)5-10/h6-7,10,14,18H,1-5,8-9H2. The van der Waals surface area contributed by atoms with Crippen molar-refractivity contribution >= 4 is 27.5 Å². The average Bonchev–Trinajstić information content (AvgIpc) is 2.98. The van der Waals surface area contributed by atoms with Crippen molar-refractivity contribution in [1.29, 1.82) is 0 Å². The highest BCUT2D eigenvalue weighted by Gasteiger charge is 2.23. The summed E-state index contributed by atoms with van der Waals surface area (Å²) in [5.74, 6) is 1.83. The van der Waals surface area contributed by atoms with Crippen molar-refractivity contribution in [1.82, 2.24) is 5.32 Å². The minimum Gasteiger partial charge on any atom is -0.493 e. The van der Waals surface area contributed by atoms with Crippen LogP contribution in [0.15, 0.2) is 16.6 Å². The molecule has 0 bridgehead atoms. The van der Waals surface area contributed by atoms with E-state index in [0.29, 0.717) is 5.38 Å². The Morgan fingerprint density at radius 3 is 3.05 bits per heavy atom. The predicted octanol–water partition coefficient (Wildman–Crippen LogP) is 3.88. The predicted molar refractivity (Wildman–Crippen MR) is 82.0 cm³/mol. The summed E-state index contributed by atoms with van der Waals surface area (Å²) < 4.78 is 6.89. The molecule has 1 aromatic carbocycles. The van der Waals surface area contributed by atoms with Gasteiger partial charge in [-0.2, -0.15) is 0 Å². The summed E-state index contributed by atoms with van der Waals surface area (Å²) >= 11 is 9.73. The third-order valence-electron chi connectivity index (χ3n) is 4.05. The molecule has 0 radical (unpaired) electrons. The molecule has 1 fully saturated rings. The Morgan fingerprint density at radius 1 is 1.37 bits per heavy atom. The SMILES string of the molecule is ClC1CCC(CNCc2cc(Br)cc3c2OCC3)C1. The van der Waals surface area contributed by atoms with Crippen molar-refractivity contribution in [2.24, 2.45) is 5.92 Å². The Kier molecular flexibility index (Phi) is 4.35. The van der Waals surface area contributed by atoms with E-state index in [1.807, 2.05) is 0 Å². The van der Waals surface area contributed by atoms with Gasteiger partial charge in [-0.25, -0.2) is 0 Å². The van der Waals surface area contributed by atoms with E-state index in [9.17, 15) is 0 Å². The van der Waals surface area contributed by atoms with Crippen molar-refractivity contribution in [3.8, 4) is 5.75 Å². The first-order valence-corrected chi connectivity index (χ1v) is 8.24. The van der Waals surface area contributed by atoms with Crippen molar-refractivity contribution in [3.63, 3.8) is 0 Å². The van der Waals surface area contributed by atoms with Crippen molar-refractivity contribution in [2.45, 2.75) is 37.6 Å². The topological polar surface area (TPSA) is 21.3 Å². The highest BCUT2D eigenvalue weighted by molar-refractivity contribution is 9.10. The van der Waals surface area contributed by atoms with Crippen LogP contribution in [0.5, 0.6) is 5.75 Å². The number of hydrogen-bond donors (Lipinski definition) is 1. The normalized spacial score (nSPS) is 25.4. The van der Waals surface area contributed by atoms with E-state index >= 15 is 0 Å². The third-order valence-corrected chi connectivity index (χ3v) is 4.91. The lowest BCUT2D eigenvalue weighted by Crippen LogP contribution is -2.21. The van der Waals surface area contributed by atoms with Gasteiger partial charge in [0.05, 0.1) is 6.61 Å². The number of alkyl halides is 1. The average molecular weight is 345 g/mol. The summed E-state index contributed by atoms with van der Waals surface area (Å²) in [6.07, 6.45) is 4.61. The van der Waals surface area contributed by atoms with Gasteiger partial charge in [0, 0.05) is 28.4 Å². The third kappa shape index (κ3) is 3.26. The van der Waals surface area contributed by atoms with Crippen LogP contribution in [-0.4, -0.2) is 18.5 Å². The van der Waals surface area contributed by atoms with Gasteiger partial charge < -0.3 is 10.1 Å². The second kappa shape index (κ2) is 6.02. The molecule has 1 saturated carbocycles. The minimum absolute atomic E-state index is 0.394. The summed E-state index contributed by atoms with van der Waals surface area (Å²) in [5, 5.41) is 3.96. The molecule has 1 N–H and O–H groups in total. The number of rotatable bonds is 4. The number of nitrogens with one attached hydrogen (secondary N) is 1. The van der Waals surface area contributed by atoms with Crippen molar-refractivity contribution in [3.05, 3.63) is 27.7 Å². The molecular weight excluding hydrogens is 326 g/mol. The number of ether oxygens (including phenoxy) is 1. The van der Waals surface area contributed by atoms with Crippen LogP contribution in [0.2, 0.25) is 0 Å².